The number of piperidine rings is 1. The molecule has 2 aromatic rings. The van der Waals surface area contributed by atoms with Crippen LogP contribution in [0.2, 0.25) is 0 Å². The summed E-state index contributed by atoms with van der Waals surface area (Å²) in [4.78, 5) is 14.7. The van der Waals surface area contributed by atoms with Crippen molar-refractivity contribution in [3.8, 4) is 5.75 Å². The molecule has 0 aliphatic carbocycles. The van der Waals surface area contributed by atoms with E-state index in [4.69, 9.17) is 4.74 Å². The Bertz CT molecular complexity index is 792. The van der Waals surface area contributed by atoms with Crippen molar-refractivity contribution in [2.24, 2.45) is 0 Å². The molecular formula is C20H26BrN3O2. The number of ether oxygens (including phenoxy) is 1. The van der Waals surface area contributed by atoms with Gasteiger partial charge in [0.25, 0.3) is 5.91 Å². The number of hydrogen-bond donors (Lipinski definition) is 1. The number of H-pyrrole nitrogens is 1. The molecule has 0 saturated carbocycles. The SMILES string of the molecule is Cc1ccc(C)c(OC2CCN(C(=O)c3n[nH]c(C(C)C)c3Br)CC2)c1. The molecule has 1 amide bonds. The fraction of sp³-hybridized carbons (Fsp3) is 0.500. The van der Waals surface area contributed by atoms with Gasteiger partial charge in [-0.25, -0.2) is 0 Å². The van der Waals surface area contributed by atoms with E-state index >= 15 is 0 Å². The Hall–Kier alpha value is -1.82. The van der Waals surface area contributed by atoms with E-state index in [1.54, 1.807) is 0 Å². The summed E-state index contributed by atoms with van der Waals surface area (Å²) in [7, 11) is 0. The second-order valence-corrected chi connectivity index (χ2v) is 8.13. The Balaban J connectivity index is 1.61. The third-order valence-corrected chi connectivity index (χ3v) is 5.68. The van der Waals surface area contributed by atoms with Crippen LogP contribution in [0.25, 0.3) is 0 Å². The van der Waals surface area contributed by atoms with Crippen LogP contribution in [-0.4, -0.2) is 40.2 Å². The zero-order valence-electron chi connectivity index (χ0n) is 15.8. The molecule has 5 nitrogen and oxygen atoms in total. The van der Waals surface area contributed by atoms with Gasteiger partial charge in [0.2, 0.25) is 0 Å². The smallest absolute Gasteiger partial charge is 0.275 e. The maximum Gasteiger partial charge on any atom is 0.275 e. The average molecular weight is 420 g/mol. The molecule has 0 radical (unpaired) electrons. The number of amides is 1. The summed E-state index contributed by atoms with van der Waals surface area (Å²) in [5.41, 5.74) is 3.78. The Kier molecular flexibility index (Phi) is 5.70. The van der Waals surface area contributed by atoms with E-state index in [0.717, 1.165) is 34.3 Å². The van der Waals surface area contributed by atoms with Gasteiger partial charge in [-0.05, 0) is 52.9 Å². The van der Waals surface area contributed by atoms with Crippen molar-refractivity contribution in [1.82, 2.24) is 15.1 Å². The predicted molar refractivity (Wildman–Crippen MR) is 106 cm³/mol. The quantitative estimate of drug-likeness (QED) is 0.787. The molecule has 1 saturated heterocycles. The van der Waals surface area contributed by atoms with Crippen LogP contribution in [-0.2, 0) is 0 Å². The second kappa shape index (κ2) is 7.82. The molecule has 1 fully saturated rings. The van der Waals surface area contributed by atoms with Gasteiger partial charge in [-0.15, -0.1) is 0 Å². The lowest BCUT2D eigenvalue weighted by Gasteiger charge is -2.32. The lowest BCUT2D eigenvalue weighted by molar-refractivity contribution is 0.0588. The Morgan fingerprint density at radius 1 is 1.31 bits per heavy atom. The molecule has 1 aromatic heterocycles. The number of carbonyl (C=O) groups excluding carboxylic acids is 1. The van der Waals surface area contributed by atoms with Crippen LogP contribution >= 0.6 is 15.9 Å². The molecule has 26 heavy (non-hydrogen) atoms. The standard InChI is InChI=1S/C20H26BrN3O2/c1-12(2)18-17(21)19(23-22-18)20(25)24-9-7-15(8-10-24)26-16-11-13(3)5-6-14(16)4/h5-6,11-12,15H,7-10H2,1-4H3,(H,22,23). The Morgan fingerprint density at radius 3 is 2.62 bits per heavy atom. The summed E-state index contributed by atoms with van der Waals surface area (Å²) in [6.45, 7) is 9.65. The first-order chi connectivity index (χ1) is 12.4. The molecule has 0 bridgehead atoms. The minimum Gasteiger partial charge on any atom is -0.490 e. The number of aryl methyl sites for hydroxylation is 2. The van der Waals surface area contributed by atoms with Gasteiger partial charge >= 0.3 is 0 Å². The molecule has 1 N–H and O–H groups in total. The van der Waals surface area contributed by atoms with Crippen LogP contribution in [0, 0.1) is 13.8 Å². The number of nitrogens with zero attached hydrogens (tertiary/aromatic N) is 2. The Labute approximate surface area is 163 Å². The van der Waals surface area contributed by atoms with Gasteiger partial charge in [0.1, 0.15) is 11.9 Å². The number of hydrogen-bond acceptors (Lipinski definition) is 3. The fourth-order valence-corrected chi connectivity index (χ4v) is 4.01. The largest absolute Gasteiger partial charge is 0.490 e. The number of nitrogens with one attached hydrogen (secondary N) is 1. The fourth-order valence-electron chi connectivity index (χ4n) is 3.21. The van der Waals surface area contributed by atoms with Gasteiger partial charge in [-0.1, -0.05) is 26.0 Å². The zero-order chi connectivity index (χ0) is 18.8. The van der Waals surface area contributed by atoms with Crippen molar-refractivity contribution in [1.29, 1.82) is 0 Å². The maximum atomic E-state index is 12.8. The number of rotatable bonds is 4. The summed E-state index contributed by atoms with van der Waals surface area (Å²) in [5.74, 6) is 1.21. The van der Waals surface area contributed by atoms with Gasteiger partial charge in [-0.2, -0.15) is 5.10 Å². The summed E-state index contributed by atoms with van der Waals surface area (Å²) < 4.78 is 6.97. The molecule has 6 heteroatoms. The van der Waals surface area contributed by atoms with E-state index in [9.17, 15) is 4.79 Å². The number of aromatic nitrogens is 2. The molecule has 3 rings (SSSR count). The third kappa shape index (κ3) is 3.95. The van der Waals surface area contributed by atoms with Crippen LogP contribution in [0.15, 0.2) is 22.7 Å². The lowest BCUT2D eigenvalue weighted by atomic mass is 10.1. The van der Waals surface area contributed by atoms with Crippen LogP contribution in [0.4, 0.5) is 0 Å². The highest BCUT2D eigenvalue weighted by Crippen LogP contribution is 2.28. The van der Waals surface area contributed by atoms with Crippen molar-refractivity contribution < 1.29 is 9.53 Å². The highest BCUT2D eigenvalue weighted by atomic mass is 79.9. The number of benzene rings is 1. The summed E-state index contributed by atoms with van der Waals surface area (Å²) in [6.07, 6.45) is 1.81. The molecule has 140 valence electrons. The van der Waals surface area contributed by atoms with E-state index in [-0.39, 0.29) is 17.9 Å². The lowest BCUT2D eigenvalue weighted by Crippen LogP contribution is -2.42. The number of halogens is 1. The van der Waals surface area contributed by atoms with Gasteiger partial charge in [0, 0.05) is 25.9 Å². The van der Waals surface area contributed by atoms with E-state index in [1.807, 2.05) is 4.90 Å². The molecule has 1 aliphatic heterocycles. The van der Waals surface area contributed by atoms with Crippen molar-refractivity contribution in [3.63, 3.8) is 0 Å². The van der Waals surface area contributed by atoms with Gasteiger partial charge in [-0.3, -0.25) is 9.89 Å². The van der Waals surface area contributed by atoms with E-state index in [0.29, 0.717) is 18.8 Å². The molecule has 1 aromatic carbocycles. The zero-order valence-corrected chi connectivity index (χ0v) is 17.4. The maximum absolute atomic E-state index is 12.8. The molecule has 0 atom stereocenters. The minimum atomic E-state index is -0.0230. The minimum absolute atomic E-state index is 0.0230. The van der Waals surface area contributed by atoms with Crippen LogP contribution < -0.4 is 4.74 Å². The van der Waals surface area contributed by atoms with Crippen LogP contribution in [0.5, 0.6) is 5.75 Å². The first-order valence-electron chi connectivity index (χ1n) is 9.13. The Morgan fingerprint density at radius 2 is 2.00 bits per heavy atom. The first-order valence-corrected chi connectivity index (χ1v) is 9.93. The number of likely N-dealkylation sites (tertiary alicyclic amines) is 1. The topological polar surface area (TPSA) is 58.2 Å². The van der Waals surface area contributed by atoms with Crippen molar-refractivity contribution in [2.75, 3.05) is 13.1 Å². The molecule has 0 unspecified atom stereocenters. The number of carbonyl (C=O) groups is 1. The third-order valence-electron chi connectivity index (χ3n) is 4.88. The molecule has 2 heterocycles. The van der Waals surface area contributed by atoms with Gasteiger partial charge in [0.15, 0.2) is 5.69 Å². The average Bonchev–Trinajstić information content (AvgIpc) is 3.00. The normalized spacial score (nSPS) is 15.5. The van der Waals surface area contributed by atoms with E-state index in [1.165, 1.54) is 5.56 Å². The first kappa shape index (κ1) is 19.0. The van der Waals surface area contributed by atoms with E-state index in [2.05, 4.69) is 72.0 Å². The monoisotopic (exact) mass is 419 g/mol. The highest BCUT2D eigenvalue weighted by Gasteiger charge is 2.28. The van der Waals surface area contributed by atoms with Gasteiger partial charge in [0.05, 0.1) is 10.2 Å². The van der Waals surface area contributed by atoms with Crippen molar-refractivity contribution in [3.05, 3.63) is 45.2 Å². The molecule has 1 aliphatic rings. The van der Waals surface area contributed by atoms with E-state index < -0.39 is 0 Å². The second-order valence-electron chi connectivity index (χ2n) is 7.33. The van der Waals surface area contributed by atoms with Crippen LogP contribution in [0.1, 0.15) is 59.9 Å². The van der Waals surface area contributed by atoms with Gasteiger partial charge < -0.3 is 9.64 Å². The van der Waals surface area contributed by atoms with Crippen molar-refractivity contribution >= 4 is 21.8 Å². The summed E-state index contributed by atoms with van der Waals surface area (Å²) in [6, 6.07) is 6.27. The van der Waals surface area contributed by atoms with Crippen molar-refractivity contribution in [2.45, 2.75) is 52.6 Å². The predicted octanol–water partition coefficient (Wildman–Crippen LogP) is 4.60. The number of aromatic amines is 1. The van der Waals surface area contributed by atoms with Crippen LogP contribution in [0.3, 0.4) is 0 Å². The summed E-state index contributed by atoms with van der Waals surface area (Å²) >= 11 is 3.52. The summed E-state index contributed by atoms with van der Waals surface area (Å²) in [5, 5.41) is 7.20. The molecule has 0 spiro atoms. The molecular weight excluding hydrogens is 394 g/mol. The highest BCUT2D eigenvalue weighted by molar-refractivity contribution is 9.10.